The van der Waals surface area contributed by atoms with Gasteiger partial charge in [-0.1, -0.05) is 19.1 Å². The first-order valence-electron chi connectivity index (χ1n) is 7.84. The highest BCUT2D eigenvalue weighted by molar-refractivity contribution is 5.66. The van der Waals surface area contributed by atoms with Gasteiger partial charge in [-0.15, -0.1) is 0 Å². The van der Waals surface area contributed by atoms with Crippen LogP contribution < -0.4 is 10.1 Å². The molecule has 1 heterocycles. The molecule has 1 N–H and O–H groups in total. The predicted octanol–water partition coefficient (Wildman–Crippen LogP) is 2.82. The van der Waals surface area contributed by atoms with E-state index in [1.807, 2.05) is 12.1 Å². The predicted molar refractivity (Wildman–Crippen MR) is 86.1 cm³/mol. The molecule has 0 aliphatic carbocycles. The number of carbonyl (C=O) groups excluding carboxylic acids is 1. The van der Waals surface area contributed by atoms with Gasteiger partial charge in [-0.3, -0.25) is 4.90 Å². The van der Waals surface area contributed by atoms with Gasteiger partial charge >= 0.3 is 6.09 Å². The quantitative estimate of drug-likeness (QED) is 0.909. The number of rotatable bonds is 5. The molecule has 1 fully saturated rings. The lowest BCUT2D eigenvalue weighted by atomic mass is 9.95. The molecule has 1 amide bonds. The SMILES string of the molecule is COC(=O)NCC(c1ccc(OC)cc1)N1CCC(C)CC1. The van der Waals surface area contributed by atoms with Crippen molar-refractivity contribution in [2.45, 2.75) is 25.8 Å². The lowest BCUT2D eigenvalue weighted by Crippen LogP contribution is -2.41. The third-order valence-electron chi connectivity index (χ3n) is 4.38. The van der Waals surface area contributed by atoms with Gasteiger partial charge in [0.1, 0.15) is 5.75 Å². The Balaban J connectivity index is 2.10. The van der Waals surface area contributed by atoms with E-state index >= 15 is 0 Å². The minimum absolute atomic E-state index is 0.164. The zero-order valence-electron chi connectivity index (χ0n) is 13.7. The van der Waals surface area contributed by atoms with Crippen LogP contribution in [0.15, 0.2) is 24.3 Å². The largest absolute Gasteiger partial charge is 0.497 e. The van der Waals surface area contributed by atoms with Crippen LogP contribution in [0.1, 0.15) is 31.4 Å². The second kappa shape index (κ2) is 8.03. The lowest BCUT2D eigenvalue weighted by molar-refractivity contribution is 0.128. The first-order valence-corrected chi connectivity index (χ1v) is 7.84. The minimum Gasteiger partial charge on any atom is -0.497 e. The van der Waals surface area contributed by atoms with Crippen LogP contribution in [-0.4, -0.2) is 44.8 Å². The molecule has 0 radical (unpaired) electrons. The van der Waals surface area contributed by atoms with Crippen LogP contribution >= 0.6 is 0 Å². The van der Waals surface area contributed by atoms with Gasteiger partial charge in [0, 0.05) is 6.54 Å². The van der Waals surface area contributed by atoms with Gasteiger partial charge in [0.2, 0.25) is 0 Å². The Morgan fingerprint density at radius 2 is 1.91 bits per heavy atom. The maximum Gasteiger partial charge on any atom is 0.406 e. The van der Waals surface area contributed by atoms with E-state index in [2.05, 4.69) is 34.0 Å². The topological polar surface area (TPSA) is 50.8 Å². The summed E-state index contributed by atoms with van der Waals surface area (Å²) in [4.78, 5) is 13.9. The van der Waals surface area contributed by atoms with Crippen molar-refractivity contribution in [3.8, 4) is 5.75 Å². The molecular formula is C17H26N2O3. The Labute approximate surface area is 132 Å². The molecule has 5 nitrogen and oxygen atoms in total. The second-order valence-electron chi connectivity index (χ2n) is 5.88. The van der Waals surface area contributed by atoms with E-state index in [-0.39, 0.29) is 12.1 Å². The maximum absolute atomic E-state index is 11.4. The van der Waals surface area contributed by atoms with E-state index in [0.29, 0.717) is 6.54 Å². The number of amides is 1. The average molecular weight is 306 g/mol. The van der Waals surface area contributed by atoms with Crippen molar-refractivity contribution in [1.29, 1.82) is 0 Å². The molecule has 1 saturated heterocycles. The van der Waals surface area contributed by atoms with Crippen molar-refractivity contribution in [3.05, 3.63) is 29.8 Å². The Bertz CT molecular complexity index is 467. The molecule has 0 spiro atoms. The summed E-state index contributed by atoms with van der Waals surface area (Å²) in [7, 11) is 3.05. The molecule has 1 aliphatic rings. The van der Waals surface area contributed by atoms with Crippen LogP contribution in [0.2, 0.25) is 0 Å². The standard InChI is InChI=1S/C17H26N2O3/c1-13-8-10-19(11-9-13)16(12-18-17(20)22-3)14-4-6-15(21-2)7-5-14/h4-7,13,16H,8-12H2,1-3H3,(H,18,20). The molecular weight excluding hydrogens is 280 g/mol. The summed E-state index contributed by atoms with van der Waals surface area (Å²) in [5, 5.41) is 2.83. The van der Waals surface area contributed by atoms with Crippen LogP contribution in [0.4, 0.5) is 4.79 Å². The van der Waals surface area contributed by atoms with Crippen molar-refractivity contribution in [1.82, 2.24) is 10.2 Å². The van der Waals surface area contributed by atoms with E-state index in [9.17, 15) is 4.79 Å². The molecule has 1 unspecified atom stereocenters. The third-order valence-corrected chi connectivity index (χ3v) is 4.38. The molecule has 2 rings (SSSR count). The van der Waals surface area contributed by atoms with Gasteiger partial charge in [-0.25, -0.2) is 4.79 Å². The fourth-order valence-corrected chi connectivity index (χ4v) is 2.88. The molecule has 1 aliphatic heterocycles. The first kappa shape index (κ1) is 16.6. The summed E-state index contributed by atoms with van der Waals surface area (Å²) in [6, 6.07) is 8.23. The van der Waals surface area contributed by atoms with E-state index in [0.717, 1.165) is 24.8 Å². The number of likely N-dealkylation sites (tertiary alicyclic amines) is 1. The fraction of sp³-hybridized carbons (Fsp3) is 0.588. The number of piperidine rings is 1. The fourth-order valence-electron chi connectivity index (χ4n) is 2.88. The number of carbonyl (C=O) groups is 1. The van der Waals surface area contributed by atoms with E-state index < -0.39 is 0 Å². The van der Waals surface area contributed by atoms with Crippen molar-refractivity contribution < 1.29 is 14.3 Å². The number of benzene rings is 1. The van der Waals surface area contributed by atoms with Crippen LogP contribution in [0.3, 0.4) is 0 Å². The maximum atomic E-state index is 11.4. The molecule has 0 saturated carbocycles. The summed E-state index contributed by atoms with van der Waals surface area (Å²) in [5.74, 6) is 1.62. The van der Waals surface area contributed by atoms with Gasteiger partial charge in [0.05, 0.1) is 20.3 Å². The molecule has 0 aromatic heterocycles. The number of nitrogens with one attached hydrogen (secondary N) is 1. The highest BCUT2D eigenvalue weighted by Crippen LogP contribution is 2.27. The molecule has 1 aromatic carbocycles. The smallest absolute Gasteiger partial charge is 0.406 e. The average Bonchev–Trinajstić information content (AvgIpc) is 2.56. The van der Waals surface area contributed by atoms with Crippen molar-refractivity contribution >= 4 is 6.09 Å². The van der Waals surface area contributed by atoms with Crippen LogP contribution in [-0.2, 0) is 4.74 Å². The van der Waals surface area contributed by atoms with E-state index in [1.165, 1.54) is 25.5 Å². The Morgan fingerprint density at radius 1 is 1.27 bits per heavy atom. The number of alkyl carbamates (subject to hydrolysis) is 1. The van der Waals surface area contributed by atoms with Crippen molar-refractivity contribution in [2.24, 2.45) is 5.92 Å². The highest BCUT2D eigenvalue weighted by atomic mass is 16.5. The molecule has 0 bridgehead atoms. The van der Waals surface area contributed by atoms with Gasteiger partial charge in [-0.05, 0) is 49.5 Å². The van der Waals surface area contributed by atoms with Crippen LogP contribution in [0.5, 0.6) is 5.75 Å². The van der Waals surface area contributed by atoms with Gasteiger partial charge in [0.15, 0.2) is 0 Å². The molecule has 1 atom stereocenters. The minimum atomic E-state index is -0.385. The Hall–Kier alpha value is -1.75. The van der Waals surface area contributed by atoms with Crippen molar-refractivity contribution in [2.75, 3.05) is 33.9 Å². The van der Waals surface area contributed by atoms with E-state index in [4.69, 9.17) is 4.74 Å². The zero-order valence-corrected chi connectivity index (χ0v) is 13.7. The van der Waals surface area contributed by atoms with Gasteiger partial charge < -0.3 is 14.8 Å². The van der Waals surface area contributed by atoms with Crippen LogP contribution in [0.25, 0.3) is 0 Å². The summed E-state index contributed by atoms with van der Waals surface area (Å²) < 4.78 is 9.91. The molecule has 5 heteroatoms. The van der Waals surface area contributed by atoms with Gasteiger partial charge in [0.25, 0.3) is 0 Å². The molecule has 122 valence electrons. The monoisotopic (exact) mass is 306 g/mol. The summed E-state index contributed by atoms with van der Waals surface area (Å²) in [5.41, 5.74) is 1.19. The molecule has 22 heavy (non-hydrogen) atoms. The lowest BCUT2D eigenvalue weighted by Gasteiger charge is -2.37. The third kappa shape index (κ3) is 4.37. The Kier molecular flexibility index (Phi) is 6.07. The number of hydrogen-bond donors (Lipinski definition) is 1. The second-order valence-corrected chi connectivity index (χ2v) is 5.88. The summed E-state index contributed by atoms with van der Waals surface area (Å²) in [6.45, 7) is 4.96. The summed E-state index contributed by atoms with van der Waals surface area (Å²) in [6.07, 6.45) is 2.01. The van der Waals surface area contributed by atoms with Crippen LogP contribution in [0, 0.1) is 5.92 Å². The zero-order chi connectivity index (χ0) is 15.9. The highest BCUT2D eigenvalue weighted by Gasteiger charge is 2.25. The van der Waals surface area contributed by atoms with Crippen molar-refractivity contribution in [3.63, 3.8) is 0 Å². The normalized spacial score (nSPS) is 17.8. The number of nitrogens with zero attached hydrogens (tertiary/aromatic N) is 1. The van der Waals surface area contributed by atoms with E-state index in [1.54, 1.807) is 7.11 Å². The summed E-state index contributed by atoms with van der Waals surface area (Å²) >= 11 is 0. The molecule has 1 aromatic rings. The number of ether oxygens (including phenoxy) is 2. The van der Waals surface area contributed by atoms with Gasteiger partial charge in [-0.2, -0.15) is 0 Å². The first-order chi connectivity index (χ1) is 10.6. The number of hydrogen-bond acceptors (Lipinski definition) is 4. The Morgan fingerprint density at radius 3 is 2.45 bits per heavy atom. The number of methoxy groups -OCH3 is 2.